The summed E-state index contributed by atoms with van der Waals surface area (Å²) >= 11 is 0. The van der Waals surface area contributed by atoms with Crippen LogP contribution in [0.15, 0.2) is 24.5 Å². The van der Waals surface area contributed by atoms with Crippen LogP contribution in [0.3, 0.4) is 0 Å². The fraction of sp³-hybridized carbons (Fsp3) is 0.471. The Hall–Kier alpha value is -2.21. The van der Waals surface area contributed by atoms with E-state index in [9.17, 15) is 4.79 Å². The quantitative estimate of drug-likeness (QED) is 0.891. The van der Waals surface area contributed by atoms with Gasteiger partial charge in [-0.05, 0) is 51.9 Å². The van der Waals surface area contributed by atoms with Crippen LogP contribution in [0, 0.1) is 0 Å². The number of piperidine rings is 1. The maximum atomic E-state index is 12.2. The highest BCUT2D eigenvalue weighted by Gasteiger charge is 2.41. The van der Waals surface area contributed by atoms with Crippen molar-refractivity contribution in [2.75, 3.05) is 18.4 Å². The number of rotatable bonds is 2. The minimum atomic E-state index is -0.586. The third-order valence-corrected chi connectivity index (χ3v) is 4.94. The molecule has 0 radical (unpaired) electrons. The second-order valence-corrected chi connectivity index (χ2v) is 6.82. The second-order valence-electron chi connectivity index (χ2n) is 6.82. The van der Waals surface area contributed by atoms with Crippen LogP contribution in [-0.4, -0.2) is 33.8 Å². The number of anilines is 1. The Bertz CT molecular complexity index is 758. The average molecular weight is 311 g/mol. The highest BCUT2D eigenvalue weighted by molar-refractivity contribution is 6.06. The zero-order valence-corrected chi connectivity index (χ0v) is 13.5. The zero-order valence-electron chi connectivity index (χ0n) is 13.5. The number of carbonyl (C=O) groups is 1. The summed E-state index contributed by atoms with van der Waals surface area (Å²) in [5.74, 6) is 0.652. The predicted molar refractivity (Wildman–Crippen MR) is 88.3 cm³/mol. The van der Waals surface area contributed by atoms with Gasteiger partial charge in [0.05, 0.1) is 17.2 Å². The minimum Gasteiger partial charge on any atom is -0.317 e. The van der Waals surface area contributed by atoms with Crippen LogP contribution in [0.5, 0.6) is 0 Å². The van der Waals surface area contributed by atoms with Gasteiger partial charge in [-0.25, -0.2) is 4.98 Å². The van der Waals surface area contributed by atoms with E-state index in [-0.39, 0.29) is 5.91 Å². The number of nitrogens with zero attached hydrogens (tertiary/aromatic N) is 3. The summed E-state index contributed by atoms with van der Waals surface area (Å²) in [6, 6.07) is 4.44. The molecule has 0 aliphatic carbocycles. The molecule has 0 bridgehead atoms. The largest absolute Gasteiger partial charge is 0.317 e. The normalized spacial score (nSPS) is 20.3. The minimum absolute atomic E-state index is 0.00904. The first-order chi connectivity index (χ1) is 11.1. The average Bonchev–Trinajstić information content (AvgIpc) is 3.13. The number of hydrogen-bond donors (Lipinski definition) is 2. The molecule has 0 aromatic carbocycles. The number of carbonyl (C=O) groups excluding carboxylic acids is 1. The van der Waals surface area contributed by atoms with Gasteiger partial charge in [-0.3, -0.25) is 9.48 Å². The second kappa shape index (κ2) is 5.16. The molecule has 0 saturated carbocycles. The Morgan fingerprint density at radius 1 is 1.26 bits per heavy atom. The van der Waals surface area contributed by atoms with E-state index in [4.69, 9.17) is 5.10 Å². The van der Waals surface area contributed by atoms with Crippen LogP contribution in [0.25, 0.3) is 11.3 Å². The Kier molecular flexibility index (Phi) is 3.23. The van der Waals surface area contributed by atoms with Gasteiger partial charge >= 0.3 is 0 Å². The molecule has 0 unspecified atom stereocenters. The maximum Gasteiger partial charge on any atom is 0.235 e. The topological polar surface area (TPSA) is 71.8 Å². The van der Waals surface area contributed by atoms with E-state index in [1.165, 1.54) is 0 Å². The SMILES string of the molecule is CC1(C)C(=O)Nc2nccc(-c3ccn(C4CCNCC4)n3)c21. The van der Waals surface area contributed by atoms with Crippen molar-refractivity contribution in [2.24, 2.45) is 0 Å². The van der Waals surface area contributed by atoms with Gasteiger partial charge in [-0.1, -0.05) is 0 Å². The first kappa shape index (κ1) is 14.4. The molecule has 6 heteroatoms. The molecule has 2 aromatic heterocycles. The van der Waals surface area contributed by atoms with Gasteiger partial charge < -0.3 is 10.6 Å². The first-order valence-corrected chi connectivity index (χ1v) is 8.14. The van der Waals surface area contributed by atoms with Gasteiger partial charge in [0.15, 0.2) is 0 Å². The number of hydrogen-bond acceptors (Lipinski definition) is 4. The molecule has 4 rings (SSSR count). The van der Waals surface area contributed by atoms with E-state index in [2.05, 4.69) is 26.5 Å². The van der Waals surface area contributed by atoms with Crippen molar-refractivity contribution in [2.45, 2.75) is 38.1 Å². The molecule has 1 fully saturated rings. The standard InChI is InChI=1S/C17H21N5O/c1-17(2)14-12(5-9-19-15(14)20-16(17)23)13-6-10-22(21-13)11-3-7-18-8-4-11/h5-6,9-11,18H,3-4,7-8H2,1-2H3,(H,19,20,23). The Balaban J connectivity index is 1.74. The van der Waals surface area contributed by atoms with Crippen LogP contribution in [0.2, 0.25) is 0 Å². The van der Waals surface area contributed by atoms with Crippen molar-refractivity contribution in [3.63, 3.8) is 0 Å². The lowest BCUT2D eigenvalue weighted by atomic mass is 9.83. The number of nitrogens with one attached hydrogen (secondary N) is 2. The summed E-state index contributed by atoms with van der Waals surface area (Å²) in [6.45, 7) is 5.94. The lowest BCUT2D eigenvalue weighted by Gasteiger charge is -2.23. The van der Waals surface area contributed by atoms with E-state index < -0.39 is 5.41 Å². The maximum absolute atomic E-state index is 12.2. The highest BCUT2D eigenvalue weighted by Crippen LogP contribution is 2.41. The molecule has 2 aliphatic rings. The summed E-state index contributed by atoms with van der Waals surface area (Å²) < 4.78 is 2.07. The van der Waals surface area contributed by atoms with Crippen LogP contribution in [-0.2, 0) is 10.2 Å². The molecule has 23 heavy (non-hydrogen) atoms. The fourth-order valence-electron chi connectivity index (χ4n) is 3.54. The van der Waals surface area contributed by atoms with E-state index in [1.54, 1.807) is 6.20 Å². The molecule has 0 atom stereocenters. The summed E-state index contributed by atoms with van der Waals surface area (Å²) in [7, 11) is 0. The number of fused-ring (bicyclic) bond motifs is 1. The number of aromatic nitrogens is 3. The fourth-order valence-corrected chi connectivity index (χ4v) is 3.54. The number of pyridine rings is 1. The Labute approximate surface area is 135 Å². The van der Waals surface area contributed by atoms with Gasteiger partial charge in [-0.15, -0.1) is 0 Å². The molecule has 2 N–H and O–H groups in total. The monoisotopic (exact) mass is 311 g/mol. The zero-order chi connectivity index (χ0) is 16.0. The summed E-state index contributed by atoms with van der Waals surface area (Å²) in [4.78, 5) is 16.5. The molecular formula is C17H21N5O. The van der Waals surface area contributed by atoms with Crippen molar-refractivity contribution >= 4 is 11.7 Å². The molecular weight excluding hydrogens is 290 g/mol. The predicted octanol–water partition coefficient (Wildman–Crippen LogP) is 2.10. The third kappa shape index (κ3) is 2.25. The Morgan fingerprint density at radius 3 is 2.83 bits per heavy atom. The van der Waals surface area contributed by atoms with E-state index in [0.717, 1.165) is 42.8 Å². The summed E-state index contributed by atoms with van der Waals surface area (Å²) in [5, 5.41) is 11.0. The van der Waals surface area contributed by atoms with Gasteiger partial charge in [-0.2, -0.15) is 5.10 Å². The lowest BCUT2D eigenvalue weighted by Crippen LogP contribution is -2.29. The molecule has 1 saturated heterocycles. The molecule has 0 spiro atoms. The highest BCUT2D eigenvalue weighted by atomic mass is 16.2. The van der Waals surface area contributed by atoms with Crippen LogP contribution in [0.4, 0.5) is 5.82 Å². The van der Waals surface area contributed by atoms with Gasteiger partial charge in [0.25, 0.3) is 0 Å². The van der Waals surface area contributed by atoms with E-state index >= 15 is 0 Å². The lowest BCUT2D eigenvalue weighted by molar-refractivity contribution is -0.119. The molecule has 2 aliphatic heterocycles. The van der Waals surface area contributed by atoms with Crippen LogP contribution in [0.1, 0.15) is 38.3 Å². The van der Waals surface area contributed by atoms with Crippen molar-refractivity contribution < 1.29 is 4.79 Å². The Morgan fingerprint density at radius 2 is 2.04 bits per heavy atom. The molecule has 120 valence electrons. The van der Waals surface area contributed by atoms with Gasteiger partial charge in [0, 0.05) is 23.5 Å². The van der Waals surface area contributed by atoms with E-state index in [0.29, 0.717) is 11.9 Å². The molecule has 6 nitrogen and oxygen atoms in total. The number of amides is 1. The van der Waals surface area contributed by atoms with Crippen molar-refractivity contribution in [3.8, 4) is 11.3 Å². The van der Waals surface area contributed by atoms with Crippen molar-refractivity contribution in [1.29, 1.82) is 0 Å². The van der Waals surface area contributed by atoms with Crippen molar-refractivity contribution in [1.82, 2.24) is 20.1 Å². The molecule has 1 amide bonds. The van der Waals surface area contributed by atoms with Gasteiger partial charge in [0.2, 0.25) is 5.91 Å². The summed E-state index contributed by atoms with van der Waals surface area (Å²) in [6.07, 6.45) is 5.98. The van der Waals surface area contributed by atoms with Crippen LogP contribution >= 0.6 is 0 Å². The van der Waals surface area contributed by atoms with E-state index in [1.807, 2.05) is 26.0 Å². The smallest absolute Gasteiger partial charge is 0.235 e. The third-order valence-electron chi connectivity index (χ3n) is 4.94. The molecule has 2 aromatic rings. The molecule has 4 heterocycles. The van der Waals surface area contributed by atoms with Crippen LogP contribution < -0.4 is 10.6 Å². The van der Waals surface area contributed by atoms with Crippen molar-refractivity contribution in [3.05, 3.63) is 30.1 Å². The summed E-state index contributed by atoms with van der Waals surface area (Å²) in [5.41, 5.74) is 2.26. The van der Waals surface area contributed by atoms with Gasteiger partial charge in [0.1, 0.15) is 5.82 Å². The first-order valence-electron chi connectivity index (χ1n) is 8.14.